The summed E-state index contributed by atoms with van der Waals surface area (Å²) in [4.78, 5) is 17.7. The van der Waals surface area contributed by atoms with Crippen molar-refractivity contribution in [1.82, 2.24) is 10.2 Å². The van der Waals surface area contributed by atoms with Crippen LogP contribution >= 0.6 is 24.0 Å². The summed E-state index contributed by atoms with van der Waals surface area (Å²) in [7, 11) is 1.81. The van der Waals surface area contributed by atoms with Crippen molar-refractivity contribution in [2.45, 2.75) is 25.7 Å². The zero-order valence-electron chi connectivity index (χ0n) is 14.9. The molecule has 1 saturated heterocycles. The van der Waals surface area contributed by atoms with Gasteiger partial charge in [-0.15, -0.1) is 24.0 Å². The zero-order chi connectivity index (χ0) is 17.2. The molecule has 0 aromatic heterocycles. The van der Waals surface area contributed by atoms with Gasteiger partial charge in [-0.05, 0) is 37.3 Å². The summed E-state index contributed by atoms with van der Waals surface area (Å²) < 4.78 is 0. The molecule has 7 heteroatoms. The molecule has 140 valence electrons. The first-order valence-electron chi connectivity index (χ1n) is 8.72. The molecular weight excluding hydrogens is 429 g/mol. The minimum absolute atomic E-state index is 0. The minimum atomic E-state index is -0.211. The van der Waals surface area contributed by atoms with Crippen LogP contribution in [-0.4, -0.2) is 50.0 Å². The number of likely N-dealkylation sites (tertiary alicyclic amines) is 1. The molecule has 0 saturated carbocycles. The van der Waals surface area contributed by atoms with Crippen LogP contribution < -0.4 is 16.4 Å². The predicted molar refractivity (Wildman–Crippen MR) is 114 cm³/mol. The van der Waals surface area contributed by atoms with Gasteiger partial charge in [-0.3, -0.25) is 9.79 Å². The minimum Gasteiger partial charge on any atom is -0.385 e. The van der Waals surface area contributed by atoms with E-state index in [0.29, 0.717) is 12.3 Å². The van der Waals surface area contributed by atoms with E-state index in [1.807, 2.05) is 25.2 Å². The van der Waals surface area contributed by atoms with Crippen molar-refractivity contribution in [2.75, 3.05) is 38.5 Å². The van der Waals surface area contributed by atoms with Crippen LogP contribution in [0.1, 0.15) is 25.7 Å². The van der Waals surface area contributed by atoms with Gasteiger partial charge in [0, 0.05) is 45.3 Å². The fraction of sp³-hybridized carbons (Fsp3) is 0.556. The maximum Gasteiger partial charge on any atom is 0.217 e. The second-order valence-corrected chi connectivity index (χ2v) is 6.25. The molecule has 1 heterocycles. The van der Waals surface area contributed by atoms with Crippen LogP contribution in [0.4, 0.5) is 5.69 Å². The molecule has 6 nitrogen and oxygen atoms in total. The van der Waals surface area contributed by atoms with Crippen LogP contribution in [0.25, 0.3) is 0 Å². The molecular formula is C18H30IN5O. The number of amides is 1. The lowest BCUT2D eigenvalue weighted by atomic mass is 9.95. The van der Waals surface area contributed by atoms with E-state index >= 15 is 0 Å². The number of primary amides is 1. The number of nitrogens with zero attached hydrogens (tertiary/aromatic N) is 2. The van der Waals surface area contributed by atoms with Crippen LogP contribution in [0.5, 0.6) is 0 Å². The van der Waals surface area contributed by atoms with Crippen molar-refractivity contribution in [3.05, 3.63) is 30.3 Å². The van der Waals surface area contributed by atoms with E-state index in [9.17, 15) is 4.79 Å². The van der Waals surface area contributed by atoms with Crippen molar-refractivity contribution in [3.63, 3.8) is 0 Å². The first-order valence-corrected chi connectivity index (χ1v) is 8.72. The Hall–Kier alpha value is -1.51. The Morgan fingerprint density at radius 2 is 2.08 bits per heavy atom. The Balaban J connectivity index is 0.00000312. The number of guanidine groups is 1. The summed E-state index contributed by atoms with van der Waals surface area (Å²) in [5.41, 5.74) is 6.47. The Kier molecular flexibility index (Phi) is 10.3. The number of carbonyl (C=O) groups is 1. The lowest BCUT2D eigenvalue weighted by molar-refractivity contribution is -0.119. The molecule has 1 fully saturated rings. The first kappa shape index (κ1) is 21.5. The molecule has 1 aliphatic heterocycles. The number of nitrogens with one attached hydrogen (secondary N) is 2. The molecule has 0 spiro atoms. The third-order valence-electron chi connectivity index (χ3n) is 4.26. The number of carbonyl (C=O) groups excluding carboxylic acids is 1. The molecule has 25 heavy (non-hydrogen) atoms. The Morgan fingerprint density at radius 3 is 2.76 bits per heavy atom. The van der Waals surface area contributed by atoms with Crippen molar-refractivity contribution < 1.29 is 4.79 Å². The molecule has 2 rings (SSSR count). The normalized spacial score (nSPS) is 17.6. The monoisotopic (exact) mass is 459 g/mol. The first-order chi connectivity index (χ1) is 11.7. The highest BCUT2D eigenvalue weighted by Crippen LogP contribution is 2.19. The molecule has 1 aromatic rings. The number of hydrogen-bond donors (Lipinski definition) is 3. The molecule has 0 radical (unpaired) electrons. The van der Waals surface area contributed by atoms with Gasteiger partial charge in [-0.2, -0.15) is 0 Å². The molecule has 1 atom stereocenters. The maximum atomic E-state index is 11.1. The molecule has 1 amide bonds. The van der Waals surface area contributed by atoms with Gasteiger partial charge in [-0.1, -0.05) is 18.2 Å². The number of hydrogen-bond acceptors (Lipinski definition) is 3. The Bertz CT molecular complexity index is 538. The highest BCUT2D eigenvalue weighted by Gasteiger charge is 2.23. The van der Waals surface area contributed by atoms with E-state index < -0.39 is 0 Å². The molecule has 1 aliphatic rings. The fourth-order valence-electron chi connectivity index (χ4n) is 3.12. The van der Waals surface area contributed by atoms with Crippen molar-refractivity contribution in [3.8, 4) is 0 Å². The quantitative estimate of drug-likeness (QED) is 0.253. The average Bonchev–Trinajstić information content (AvgIpc) is 2.58. The van der Waals surface area contributed by atoms with Crippen LogP contribution in [0.15, 0.2) is 35.3 Å². The molecule has 4 N–H and O–H groups in total. The molecule has 0 bridgehead atoms. The SMILES string of the molecule is CN=C(NCCCNc1ccccc1)N1CCCC(CC(N)=O)C1.I. The van der Waals surface area contributed by atoms with Gasteiger partial charge in [0.2, 0.25) is 5.91 Å². The van der Waals surface area contributed by atoms with E-state index in [1.54, 1.807) is 0 Å². The fourth-order valence-corrected chi connectivity index (χ4v) is 3.12. The van der Waals surface area contributed by atoms with E-state index in [1.165, 1.54) is 0 Å². The van der Waals surface area contributed by atoms with Crippen LogP contribution in [0.3, 0.4) is 0 Å². The summed E-state index contributed by atoms with van der Waals surface area (Å²) in [6.45, 7) is 3.61. The van der Waals surface area contributed by atoms with Gasteiger partial charge in [0.05, 0.1) is 0 Å². The van der Waals surface area contributed by atoms with E-state index in [4.69, 9.17) is 5.73 Å². The smallest absolute Gasteiger partial charge is 0.217 e. The standard InChI is InChI=1S/C18H29N5O.HI/c1-20-18(23-12-5-7-15(14-23)13-17(19)24)22-11-6-10-21-16-8-3-2-4-9-16;/h2-4,8-9,15,21H,5-7,10-14H2,1H3,(H2,19,24)(H,20,22);1H. The second kappa shape index (κ2) is 11.9. The van der Waals surface area contributed by atoms with Crippen LogP contribution in [0, 0.1) is 5.92 Å². The predicted octanol–water partition coefficient (Wildman–Crippen LogP) is 2.27. The summed E-state index contributed by atoms with van der Waals surface area (Å²) in [5, 5.41) is 6.82. The van der Waals surface area contributed by atoms with Gasteiger partial charge < -0.3 is 21.3 Å². The van der Waals surface area contributed by atoms with E-state index in [-0.39, 0.29) is 29.9 Å². The topological polar surface area (TPSA) is 82.8 Å². The lowest BCUT2D eigenvalue weighted by Crippen LogP contribution is -2.47. The van der Waals surface area contributed by atoms with Crippen LogP contribution in [-0.2, 0) is 4.79 Å². The zero-order valence-corrected chi connectivity index (χ0v) is 17.2. The van der Waals surface area contributed by atoms with Crippen LogP contribution in [0.2, 0.25) is 0 Å². The number of aliphatic imine (C=N–C) groups is 1. The summed E-state index contributed by atoms with van der Waals surface area (Å²) in [5.74, 6) is 1.05. The summed E-state index contributed by atoms with van der Waals surface area (Å²) in [6, 6.07) is 10.2. The van der Waals surface area contributed by atoms with Gasteiger partial charge in [0.1, 0.15) is 0 Å². The third kappa shape index (κ3) is 7.94. The molecule has 1 aromatic carbocycles. The number of para-hydroxylation sites is 1. The average molecular weight is 459 g/mol. The van der Waals surface area contributed by atoms with E-state index in [2.05, 4.69) is 32.7 Å². The van der Waals surface area contributed by atoms with Crippen molar-refractivity contribution >= 4 is 41.5 Å². The van der Waals surface area contributed by atoms with Gasteiger partial charge >= 0.3 is 0 Å². The van der Waals surface area contributed by atoms with Gasteiger partial charge in [0.25, 0.3) is 0 Å². The molecule has 1 unspecified atom stereocenters. The maximum absolute atomic E-state index is 11.1. The Labute approximate surface area is 167 Å². The highest BCUT2D eigenvalue weighted by atomic mass is 127. The van der Waals surface area contributed by atoms with E-state index in [0.717, 1.165) is 57.1 Å². The van der Waals surface area contributed by atoms with Crippen molar-refractivity contribution in [2.24, 2.45) is 16.6 Å². The van der Waals surface area contributed by atoms with Gasteiger partial charge in [0.15, 0.2) is 5.96 Å². The lowest BCUT2D eigenvalue weighted by Gasteiger charge is -2.34. The number of piperidine rings is 1. The molecule has 0 aliphatic carbocycles. The third-order valence-corrected chi connectivity index (χ3v) is 4.26. The largest absolute Gasteiger partial charge is 0.385 e. The number of nitrogens with two attached hydrogens (primary N) is 1. The second-order valence-electron chi connectivity index (χ2n) is 6.25. The van der Waals surface area contributed by atoms with Crippen molar-refractivity contribution in [1.29, 1.82) is 0 Å². The summed E-state index contributed by atoms with van der Waals surface area (Å²) in [6.07, 6.45) is 3.62. The number of rotatable bonds is 7. The number of halogens is 1. The Morgan fingerprint density at radius 1 is 1.32 bits per heavy atom. The number of benzene rings is 1. The van der Waals surface area contributed by atoms with Gasteiger partial charge in [-0.25, -0.2) is 0 Å². The number of anilines is 1. The summed E-state index contributed by atoms with van der Waals surface area (Å²) >= 11 is 0. The highest BCUT2D eigenvalue weighted by molar-refractivity contribution is 14.0.